The van der Waals surface area contributed by atoms with Crippen LogP contribution >= 0.6 is 11.6 Å². The minimum Gasteiger partial charge on any atom is -0.493 e. The monoisotopic (exact) mass is 519 g/mol. The van der Waals surface area contributed by atoms with Crippen LogP contribution in [0, 0.1) is 0 Å². The zero-order chi connectivity index (χ0) is 25.9. The number of hydrogen-bond donors (Lipinski definition) is 0. The number of fused-ring (bicyclic) bond motifs is 2. The Morgan fingerprint density at radius 2 is 1.78 bits per heavy atom. The molecule has 1 aromatic heterocycles. The summed E-state index contributed by atoms with van der Waals surface area (Å²) in [6.07, 6.45) is 0.599. The van der Waals surface area contributed by atoms with Crippen LogP contribution in [-0.4, -0.2) is 38.2 Å². The van der Waals surface area contributed by atoms with Crippen LogP contribution in [0.25, 0.3) is 11.0 Å². The minimum atomic E-state index is -0.656. The van der Waals surface area contributed by atoms with Crippen molar-refractivity contribution < 1.29 is 23.4 Å². The Labute approximate surface area is 219 Å². The average molecular weight is 520 g/mol. The molecule has 0 aliphatic carbocycles. The van der Waals surface area contributed by atoms with Crippen LogP contribution in [0.15, 0.2) is 75.9 Å². The molecule has 1 atom stereocenters. The summed E-state index contributed by atoms with van der Waals surface area (Å²) < 4.78 is 22.8. The molecule has 0 saturated carbocycles. The number of amides is 1. The summed E-state index contributed by atoms with van der Waals surface area (Å²) >= 11 is 6.17. The number of benzene rings is 3. The highest BCUT2D eigenvalue weighted by molar-refractivity contribution is 6.31. The van der Waals surface area contributed by atoms with Gasteiger partial charge in [0.15, 0.2) is 16.9 Å². The first kappa shape index (κ1) is 24.9. The number of rotatable bonds is 9. The normalized spacial score (nSPS) is 14.7. The van der Waals surface area contributed by atoms with Gasteiger partial charge in [-0.3, -0.25) is 9.59 Å². The molecule has 0 radical (unpaired) electrons. The maximum atomic E-state index is 13.7. The zero-order valence-corrected chi connectivity index (χ0v) is 21.3. The van der Waals surface area contributed by atoms with E-state index in [9.17, 15) is 9.59 Å². The Morgan fingerprint density at radius 3 is 2.54 bits per heavy atom. The SMILES string of the molecule is COCCCN1C(=O)c2oc3ccc(Cl)cc3c(=O)c2C1c1ccc(OCc2ccccc2)c(OC)c1. The number of methoxy groups -OCH3 is 2. The van der Waals surface area contributed by atoms with Crippen LogP contribution in [0.3, 0.4) is 0 Å². The van der Waals surface area contributed by atoms with Gasteiger partial charge in [-0.2, -0.15) is 0 Å². The summed E-state index contributed by atoms with van der Waals surface area (Å²) in [4.78, 5) is 28.8. The van der Waals surface area contributed by atoms with Crippen molar-refractivity contribution in [2.75, 3.05) is 27.4 Å². The zero-order valence-electron chi connectivity index (χ0n) is 20.5. The molecule has 0 spiro atoms. The van der Waals surface area contributed by atoms with E-state index < -0.39 is 6.04 Å². The fourth-order valence-electron chi connectivity index (χ4n) is 4.66. The third-order valence-corrected chi connectivity index (χ3v) is 6.65. The van der Waals surface area contributed by atoms with Gasteiger partial charge in [0.25, 0.3) is 5.91 Å². The van der Waals surface area contributed by atoms with Crippen LogP contribution in [0.2, 0.25) is 5.02 Å². The van der Waals surface area contributed by atoms with Crippen LogP contribution in [0.5, 0.6) is 11.5 Å². The Hall–Kier alpha value is -3.81. The molecule has 1 amide bonds. The molecule has 1 aliphatic heterocycles. The molecule has 0 fully saturated rings. The standard InChI is InChI=1S/C29H26ClNO6/c1-34-14-6-13-31-26(25-27(32)21-16-20(30)10-12-22(21)37-28(25)29(31)33)19-9-11-23(24(15-19)35-2)36-17-18-7-4-3-5-8-18/h3-5,7-12,15-16,26H,6,13-14,17H2,1-2H3. The van der Waals surface area contributed by atoms with Crippen LogP contribution in [0.1, 0.15) is 39.7 Å². The first-order valence-corrected chi connectivity index (χ1v) is 12.3. The number of ether oxygens (including phenoxy) is 3. The molecule has 7 nitrogen and oxygen atoms in total. The Bertz CT molecular complexity index is 1500. The van der Waals surface area contributed by atoms with Crippen molar-refractivity contribution in [3.63, 3.8) is 0 Å². The molecule has 37 heavy (non-hydrogen) atoms. The predicted octanol–water partition coefficient (Wildman–Crippen LogP) is 5.62. The van der Waals surface area contributed by atoms with Gasteiger partial charge in [-0.05, 0) is 47.9 Å². The van der Waals surface area contributed by atoms with E-state index in [1.54, 1.807) is 49.5 Å². The highest BCUT2D eigenvalue weighted by Crippen LogP contribution is 2.41. The Kier molecular flexibility index (Phi) is 7.17. The quantitative estimate of drug-likeness (QED) is 0.267. The number of carbonyl (C=O) groups excluding carboxylic acids is 1. The van der Waals surface area contributed by atoms with Gasteiger partial charge in [-0.15, -0.1) is 0 Å². The maximum Gasteiger partial charge on any atom is 0.290 e. The minimum absolute atomic E-state index is 0.0469. The van der Waals surface area contributed by atoms with Crippen molar-refractivity contribution in [2.24, 2.45) is 0 Å². The van der Waals surface area contributed by atoms with E-state index in [2.05, 4.69) is 0 Å². The molecule has 1 unspecified atom stereocenters. The van der Waals surface area contributed by atoms with Crippen LogP contribution < -0.4 is 14.9 Å². The fraction of sp³-hybridized carbons (Fsp3) is 0.241. The molecule has 1 aliphatic rings. The first-order chi connectivity index (χ1) is 18.0. The van der Waals surface area contributed by atoms with Crippen molar-refractivity contribution >= 4 is 28.5 Å². The van der Waals surface area contributed by atoms with Crippen molar-refractivity contribution in [1.29, 1.82) is 0 Å². The first-order valence-electron chi connectivity index (χ1n) is 11.9. The highest BCUT2D eigenvalue weighted by Gasteiger charge is 2.42. The lowest BCUT2D eigenvalue weighted by molar-refractivity contribution is 0.0707. The summed E-state index contributed by atoms with van der Waals surface area (Å²) in [5.74, 6) is 0.765. The molecule has 4 aromatic rings. The van der Waals surface area contributed by atoms with E-state index in [4.69, 9.17) is 30.2 Å². The van der Waals surface area contributed by atoms with E-state index >= 15 is 0 Å². The van der Waals surface area contributed by atoms with E-state index in [-0.39, 0.29) is 22.7 Å². The van der Waals surface area contributed by atoms with Crippen molar-refractivity contribution in [3.05, 3.63) is 104 Å². The molecular weight excluding hydrogens is 494 g/mol. The Morgan fingerprint density at radius 1 is 0.973 bits per heavy atom. The van der Waals surface area contributed by atoms with Crippen molar-refractivity contribution in [3.8, 4) is 11.5 Å². The molecule has 5 rings (SSSR count). The van der Waals surface area contributed by atoms with Gasteiger partial charge in [0.2, 0.25) is 5.76 Å². The molecule has 0 saturated heterocycles. The molecular formula is C29H26ClNO6. The molecule has 3 aromatic carbocycles. The number of hydrogen-bond acceptors (Lipinski definition) is 6. The average Bonchev–Trinajstić information content (AvgIpc) is 3.20. The van der Waals surface area contributed by atoms with Crippen molar-refractivity contribution in [2.45, 2.75) is 19.1 Å². The van der Waals surface area contributed by atoms with Gasteiger partial charge in [0.1, 0.15) is 12.2 Å². The van der Waals surface area contributed by atoms with Gasteiger partial charge >= 0.3 is 0 Å². The van der Waals surface area contributed by atoms with E-state index in [1.165, 1.54) is 0 Å². The molecule has 0 N–H and O–H groups in total. The van der Waals surface area contributed by atoms with Crippen LogP contribution in [0.4, 0.5) is 0 Å². The molecule has 2 heterocycles. The van der Waals surface area contributed by atoms with Gasteiger partial charge in [-0.1, -0.05) is 48.0 Å². The van der Waals surface area contributed by atoms with E-state index in [0.29, 0.717) is 59.2 Å². The second kappa shape index (κ2) is 10.7. The van der Waals surface area contributed by atoms with Gasteiger partial charge in [0.05, 0.1) is 24.1 Å². The lowest BCUT2D eigenvalue weighted by Crippen LogP contribution is -2.31. The summed E-state index contributed by atoms with van der Waals surface area (Å²) in [6.45, 7) is 1.23. The van der Waals surface area contributed by atoms with Crippen molar-refractivity contribution in [1.82, 2.24) is 4.90 Å². The fourth-order valence-corrected chi connectivity index (χ4v) is 4.83. The third kappa shape index (κ3) is 4.80. The number of nitrogens with zero attached hydrogens (tertiary/aromatic N) is 1. The summed E-state index contributed by atoms with van der Waals surface area (Å²) in [6, 6.07) is 19.4. The smallest absolute Gasteiger partial charge is 0.290 e. The number of carbonyl (C=O) groups is 1. The third-order valence-electron chi connectivity index (χ3n) is 6.42. The maximum absolute atomic E-state index is 13.7. The molecule has 8 heteroatoms. The summed E-state index contributed by atoms with van der Waals surface area (Å²) in [5, 5.41) is 0.747. The second-order valence-corrected chi connectivity index (χ2v) is 9.18. The molecule has 190 valence electrons. The lowest BCUT2D eigenvalue weighted by Gasteiger charge is -2.25. The largest absolute Gasteiger partial charge is 0.493 e. The lowest BCUT2D eigenvalue weighted by atomic mass is 9.98. The number of halogens is 1. The summed E-state index contributed by atoms with van der Waals surface area (Å²) in [7, 11) is 3.17. The Balaban J connectivity index is 1.57. The van der Waals surface area contributed by atoms with Gasteiger partial charge in [-0.25, -0.2) is 0 Å². The summed E-state index contributed by atoms with van der Waals surface area (Å²) in [5.41, 5.74) is 2.06. The molecule has 0 bridgehead atoms. The second-order valence-electron chi connectivity index (χ2n) is 8.75. The van der Waals surface area contributed by atoms with Gasteiger partial charge < -0.3 is 23.5 Å². The van der Waals surface area contributed by atoms with Gasteiger partial charge in [0, 0.05) is 25.3 Å². The van der Waals surface area contributed by atoms with E-state index in [0.717, 1.165) is 5.56 Å². The van der Waals surface area contributed by atoms with Crippen LogP contribution in [-0.2, 0) is 11.3 Å². The topological polar surface area (TPSA) is 78.2 Å². The predicted molar refractivity (Wildman–Crippen MR) is 141 cm³/mol. The highest BCUT2D eigenvalue weighted by atomic mass is 35.5. The van der Waals surface area contributed by atoms with E-state index in [1.807, 2.05) is 36.4 Å².